The van der Waals surface area contributed by atoms with Crippen LogP contribution in [0.1, 0.15) is 20.3 Å². The second kappa shape index (κ2) is 6.47. The quantitative estimate of drug-likeness (QED) is 0.855. The van der Waals surface area contributed by atoms with Crippen molar-refractivity contribution in [2.75, 3.05) is 5.32 Å². The van der Waals surface area contributed by atoms with Crippen molar-refractivity contribution >= 4 is 22.4 Å². The molecule has 0 aliphatic rings. The van der Waals surface area contributed by atoms with Crippen LogP contribution in [0.25, 0.3) is 10.6 Å². The van der Waals surface area contributed by atoms with Crippen LogP contribution in [-0.2, 0) is 4.79 Å². The molecule has 1 aromatic heterocycles. The third kappa shape index (κ3) is 3.77. The lowest BCUT2D eigenvalue weighted by atomic mass is 10.0. The first-order valence-electron chi connectivity index (χ1n) is 6.44. The minimum absolute atomic E-state index is 0.296. The van der Waals surface area contributed by atoms with E-state index in [1.165, 1.54) is 11.3 Å². The summed E-state index contributed by atoms with van der Waals surface area (Å²) in [5, 5.41) is 21.6. The summed E-state index contributed by atoms with van der Waals surface area (Å²) < 4.78 is 0. The fourth-order valence-corrected chi connectivity index (χ4v) is 2.62. The number of hydrogen-bond acceptors (Lipinski definition) is 5. The molecule has 0 amide bonds. The van der Waals surface area contributed by atoms with E-state index in [9.17, 15) is 9.90 Å². The van der Waals surface area contributed by atoms with Crippen molar-refractivity contribution in [3.05, 3.63) is 30.3 Å². The zero-order chi connectivity index (χ0) is 14.5. The Morgan fingerprint density at radius 1 is 1.30 bits per heavy atom. The zero-order valence-electron chi connectivity index (χ0n) is 11.4. The van der Waals surface area contributed by atoms with E-state index in [1.807, 2.05) is 44.2 Å². The van der Waals surface area contributed by atoms with Crippen LogP contribution in [0.4, 0.5) is 5.13 Å². The number of nitrogens with one attached hydrogen (secondary N) is 1. The summed E-state index contributed by atoms with van der Waals surface area (Å²) in [4.78, 5) is 11.2. The molecule has 106 valence electrons. The van der Waals surface area contributed by atoms with Crippen molar-refractivity contribution in [3.8, 4) is 10.6 Å². The van der Waals surface area contributed by atoms with Gasteiger partial charge < -0.3 is 10.4 Å². The van der Waals surface area contributed by atoms with Crippen molar-refractivity contribution < 1.29 is 9.90 Å². The summed E-state index contributed by atoms with van der Waals surface area (Å²) in [5.41, 5.74) is 0.980. The van der Waals surface area contributed by atoms with Gasteiger partial charge in [0.25, 0.3) is 0 Å². The molecule has 2 aromatic rings. The molecule has 0 saturated heterocycles. The molecular weight excluding hydrogens is 274 g/mol. The highest BCUT2D eigenvalue weighted by molar-refractivity contribution is 7.18. The van der Waals surface area contributed by atoms with Crippen molar-refractivity contribution in [1.82, 2.24) is 10.2 Å². The fourth-order valence-electron chi connectivity index (χ4n) is 1.82. The molecule has 0 radical (unpaired) electrons. The van der Waals surface area contributed by atoms with Gasteiger partial charge in [-0.3, -0.25) is 0 Å². The third-order valence-electron chi connectivity index (χ3n) is 2.75. The molecule has 0 aliphatic heterocycles. The van der Waals surface area contributed by atoms with Crippen LogP contribution in [0.2, 0.25) is 0 Å². The molecule has 20 heavy (non-hydrogen) atoms. The van der Waals surface area contributed by atoms with E-state index in [-0.39, 0.29) is 0 Å². The Hall–Kier alpha value is -1.95. The van der Waals surface area contributed by atoms with Crippen LogP contribution in [0, 0.1) is 5.92 Å². The lowest BCUT2D eigenvalue weighted by Gasteiger charge is -2.14. The molecule has 1 aromatic carbocycles. The average Bonchev–Trinajstić information content (AvgIpc) is 2.87. The van der Waals surface area contributed by atoms with Crippen LogP contribution in [0.3, 0.4) is 0 Å². The van der Waals surface area contributed by atoms with E-state index < -0.39 is 12.0 Å². The lowest BCUT2D eigenvalue weighted by molar-refractivity contribution is -0.138. The van der Waals surface area contributed by atoms with Gasteiger partial charge in [0.15, 0.2) is 0 Å². The Kier molecular flexibility index (Phi) is 4.68. The number of benzene rings is 1. The summed E-state index contributed by atoms with van der Waals surface area (Å²) in [6, 6.07) is 9.07. The number of carboxylic acids is 1. The van der Waals surface area contributed by atoms with Gasteiger partial charge in [-0.15, -0.1) is 10.2 Å². The molecule has 6 heteroatoms. The number of aliphatic carboxylic acids is 1. The molecule has 0 aliphatic carbocycles. The highest BCUT2D eigenvalue weighted by Gasteiger charge is 2.20. The van der Waals surface area contributed by atoms with Crippen LogP contribution in [-0.4, -0.2) is 27.3 Å². The molecule has 2 N–H and O–H groups in total. The first-order valence-corrected chi connectivity index (χ1v) is 7.26. The van der Waals surface area contributed by atoms with Gasteiger partial charge in [-0.25, -0.2) is 4.79 Å². The smallest absolute Gasteiger partial charge is 0.326 e. The normalized spacial score (nSPS) is 12.3. The summed E-state index contributed by atoms with van der Waals surface area (Å²) in [6.45, 7) is 3.99. The predicted octanol–water partition coefficient (Wildman–Crippen LogP) is 3.12. The Labute approximate surface area is 121 Å². The van der Waals surface area contributed by atoms with Gasteiger partial charge in [-0.1, -0.05) is 55.5 Å². The predicted molar refractivity (Wildman–Crippen MR) is 79.8 cm³/mol. The Bertz CT molecular complexity index is 569. The molecule has 0 bridgehead atoms. The number of anilines is 1. The minimum Gasteiger partial charge on any atom is -0.480 e. The second-order valence-electron chi connectivity index (χ2n) is 4.94. The van der Waals surface area contributed by atoms with Gasteiger partial charge in [-0.05, 0) is 12.3 Å². The van der Waals surface area contributed by atoms with E-state index in [4.69, 9.17) is 0 Å². The summed E-state index contributed by atoms with van der Waals surface area (Å²) in [6.07, 6.45) is 0.551. The zero-order valence-corrected chi connectivity index (χ0v) is 12.2. The van der Waals surface area contributed by atoms with Crippen LogP contribution < -0.4 is 5.32 Å². The van der Waals surface area contributed by atoms with Gasteiger partial charge in [0.05, 0.1) is 0 Å². The number of hydrogen-bond donors (Lipinski definition) is 2. The van der Waals surface area contributed by atoms with Crippen LogP contribution in [0.15, 0.2) is 30.3 Å². The maximum Gasteiger partial charge on any atom is 0.326 e. The van der Waals surface area contributed by atoms with Crippen molar-refractivity contribution in [1.29, 1.82) is 0 Å². The number of aromatic nitrogens is 2. The highest BCUT2D eigenvalue weighted by atomic mass is 32.1. The number of carbonyl (C=O) groups is 1. The Morgan fingerprint density at radius 3 is 2.60 bits per heavy atom. The van der Waals surface area contributed by atoms with Crippen molar-refractivity contribution in [2.24, 2.45) is 5.92 Å². The molecule has 1 heterocycles. The average molecular weight is 291 g/mol. The second-order valence-corrected chi connectivity index (χ2v) is 5.92. The van der Waals surface area contributed by atoms with E-state index >= 15 is 0 Å². The van der Waals surface area contributed by atoms with Gasteiger partial charge >= 0.3 is 5.97 Å². The summed E-state index contributed by atoms with van der Waals surface area (Å²) in [5.74, 6) is -0.569. The fraction of sp³-hybridized carbons (Fsp3) is 0.357. The van der Waals surface area contributed by atoms with Gasteiger partial charge in [0, 0.05) is 5.56 Å². The van der Waals surface area contributed by atoms with Crippen LogP contribution in [0.5, 0.6) is 0 Å². The maximum absolute atomic E-state index is 11.2. The Morgan fingerprint density at radius 2 is 2.00 bits per heavy atom. The van der Waals surface area contributed by atoms with Gasteiger partial charge in [0.1, 0.15) is 11.0 Å². The number of carboxylic acid groups (broad SMARTS) is 1. The molecule has 0 spiro atoms. The van der Waals surface area contributed by atoms with Gasteiger partial charge in [0.2, 0.25) is 5.13 Å². The Balaban J connectivity index is 2.10. The number of rotatable bonds is 6. The third-order valence-corrected chi connectivity index (χ3v) is 3.65. The molecular formula is C14H17N3O2S. The number of nitrogens with zero attached hydrogens (tertiary/aromatic N) is 2. The lowest BCUT2D eigenvalue weighted by Crippen LogP contribution is -2.30. The van der Waals surface area contributed by atoms with Crippen molar-refractivity contribution in [3.63, 3.8) is 0 Å². The summed E-state index contributed by atoms with van der Waals surface area (Å²) in [7, 11) is 0. The molecule has 2 rings (SSSR count). The maximum atomic E-state index is 11.2. The van der Waals surface area contributed by atoms with E-state index in [0.717, 1.165) is 10.6 Å². The van der Waals surface area contributed by atoms with E-state index in [1.54, 1.807) is 0 Å². The first-order chi connectivity index (χ1) is 9.56. The monoisotopic (exact) mass is 291 g/mol. The molecule has 1 atom stereocenters. The SMILES string of the molecule is CC(C)CC(Nc1nnc(-c2ccccc2)s1)C(=O)O. The topological polar surface area (TPSA) is 75.1 Å². The van der Waals surface area contributed by atoms with E-state index in [0.29, 0.717) is 17.5 Å². The van der Waals surface area contributed by atoms with E-state index in [2.05, 4.69) is 15.5 Å². The first kappa shape index (κ1) is 14.5. The summed E-state index contributed by atoms with van der Waals surface area (Å²) >= 11 is 1.36. The molecule has 0 saturated carbocycles. The molecule has 0 fully saturated rings. The largest absolute Gasteiger partial charge is 0.480 e. The molecule has 1 unspecified atom stereocenters. The highest BCUT2D eigenvalue weighted by Crippen LogP contribution is 2.26. The van der Waals surface area contributed by atoms with Gasteiger partial charge in [-0.2, -0.15) is 0 Å². The minimum atomic E-state index is -0.866. The van der Waals surface area contributed by atoms with Crippen molar-refractivity contribution in [2.45, 2.75) is 26.3 Å². The van der Waals surface area contributed by atoms with Crippen LogP contribution >= 0.6 is 11.3 Å². The molecule has 5 nitrogen and oxygen atoms in total. The standard InChI is InChI=1S/C14H17N3O2S/c1-9(2)8-11(13(18)19)15-14-17-16-12(20-14)10-6-4-3-5-7-10/h3-7,9,11H,8H2,1-2H3,(H,15,17)(H,18,19).